The first-order chi connectivity index (χ1) is 11.2. The molecule has 0 spiro atoms. The third-order valence-corrected chi connectivity index (χ3v) is 3.91. The Bertz CT molecular complexity index is 628. The molecule has 1 amide bonds. The molecule has 6 nitrogen and oxygen atoms in total. The SMILES string of the molecule is Cc1nc(C(F)(F)F)ccc1C(=O)NC(C(=O)O)C1CCOCC1. The molecule has 0 aliphatic carbocycles. The van der Waals surface area contributed by atoms with Gasteiger partial charge in [-0.05, 0) is 37.8 Å². The first kappa shape index (κ1) is 18.2. The van der Waals surface area contributed by atoms with Crippen molar-refractivity contribution in [3.63, 3.8) is 0 Å². The first-order valence-electron chi connectivity index (χ1n) is 7.36. The van der Waals surface area contributed by atoms with Gasteiger partial charge in [-0.2, -0.15) is 13.2 Å². The van der Waals surface area contributed by atoms with Crippen LogP contribution in [0.2, 0.25) is 0 Å². The van der Waals surface area contributed by atoms with E-state index in [1.807, 2.05) is 0 Å². The van der Waals surface area contributed by atoms with Gasteiger partial charge in [0.25, 0.3) is 5.91 Å². The Labute approximate surface area is 136 Å². The van der Waals surface area contributed by atoms with Gasteiger partial charge in [0.1, 0.15) is 11.7 Å². The number of nitrogens with zero attached hydrogens (tertiary/aromatic N) is 1. The molecular formula is C15H17F3N2O4. The molecule has 2 N–H and O–H groups in total. The number of rotatable bonds is 4. The number of carboxylic acid groups (broad SMARTS) is 1. The van der Waals surface area contributed by atoms with Gasteiger partial charge in [-0.1, -0.05) is 0 Å². The van der Waals surface area contributed by atoms with E-state index in [4.69, 9.17) is 4.74 Å². The predicted molar refractivity (Wildman–Crippen MR) is 76.4 cm³/mol. The highest BCUT2D eigenvalue weighted by Crippen LogP contribution is 2.28. The van der Waals surface area contributed by atoms with Gasteiger partial charge in [0, 0.05) is 13.2 Å². The van der Waals surface area contributed by atoms with Crippen molar-refractivity contribution in [2.24, 2.45) is 5.92 Å². The van der Waals surface area contributed by atoms with E-state index in [2.05, 4.69) is 10.3 Å². The number of aromatic nitrogens is 1. The predicted octanol–water partition coefficient (Wildman–Crippen LogP) is 2.02. The van der Waals surface area contributed by atoms with Crippen LogP contribution in [0.5, 0.6) is 0 Å². The van der Waals surface area contributed by atoms with Crippen molar-refractivity contribution in [1.29, 1.82) is 0 Å². The van der Waals surface area contributed by atoms with E-state index in [-0.39, 0.29) is 17.2 Å². The van der Waals surface area contributed by atoms with Crippen LogP contribution < -0.4 is 5.32 Å². The number of carbonyl (C=O) groups excluding carboxylic acids is 1. The number of ether oxygens (including phenoxy) is 1. The lowest BCUT2D eigenvalue weighted by atomic mass is 9.91. The van der Waals surface area contributed by atoms with Crippen LogP contribution in [-0.4, -0.2) is 41.2 Å². The molecule has 1 aliphatic heterocycles. The Morgan fingerprint density at radius 1 is 1.33 bits per heavy atom. The maximum atomic E-state index is 12.6. The number of nitrogens with one attached hydrogen (secondary N) is 1. The Kier molecular flexibility index (Phi) is 5.43. The molecule has 2 heterocycles. The minimum absolute atomic E-state index is 0.0821. The molecule has 24 heavy (non-hydrogen) atoms. The Hall–Kier alpha value is -2.16. The van der Waals surface area contributed by atoms with Gasteiger partial charge in [0.05, 0.1) is 11.3 Å². The topological polar surface area (TPSA) is 88.5 Å². The summed E-state index contributed by atoms with van der Waals surface area (Å²) in [5, 5.41) is 11.7. The van der Waals surface area contributed by atoms with Gasteiger partial charge >= 0.3 is 12.1 Å². The van der Waals surface area contributed by atoms with Crippen molar-refractivity contribution in [2.75, 3.05) is 13.2 Å². The molecule has 2 rings (SSSR count). The minimum Gasteiger partial charge on any atom is -0.480 e. The minimum atomic E-state index is -4.61. The molecule has 1 saturated heterocycles. The Morgan fingerprint density at radius 3 is 2.46 bits per heavy atom. The molecular weight excluding hydrogens is 329 g/mol. The van der Waals surface area contributed by atoms with Gasteiger partial charge in [-0.15, -0.1) is 0 Å². The molecule has 1 aromatic rings. The van der Waals surface area contributed by atoms with E-state index in [1.165, 1.54) is 6.92 Å². The lowest BCUT2D eigenvalue weighted by Crippen LogP contribution is -2.47. The Morgan fingerprint density at radius 2 is 1.96 bits per heavy atom. The average molecular weight is 346 g/mol. The number of carboxylic acids is 1. The van der Waals surface area contributed by atoms with Crippen LogP contribution in [0.4, 0.5) is 13.2 Å². The summed E-state index contributed by atoms with van der Waals surface area (Å²) in [7, 11) is 0. The largest absolute Gasteiger partial charge is 0.480 e. The van der Waals surface area contributed by atoms with Crippen molar-refractivity contribution in [3.8, 4) is 0 Å². The molecule has 0 aromatic carbocycles. The second-order valence-electron chi connectivity index (χ2n) is 5.57. The molecule has 0 bridgehead atoms. The van der Waals surface area contributed by atoms with Gasteiger partial charge < -0.3 is 15.2 Å². The van der Waals surface area contributed by atoms with Crippen molar-refractivity contribution in [2.45, 2.75) is 32.0 Å². The fraction of sp³-hybridized carbons (Fsp3) is 0.533. The normalized spacial score (nSPS) is 17.3. The molecule has 1 aliphatic rings. The fourth-order valence-corrected chi connectivity index (χ4v) is 2.61. The monoisotopic (exact) mass is 346 g/mol. The maximum Gasteiger partial charge on any atom is 0.433 e. The summed E-state index contributed by atoms with van der Waals surface area (Å²) in [6.07, 6.45) is -3.63. The number of hydrogen-bond donors (Lipinski definition) is 2. The zero-order chi connectivity index (χ0) is 17.9. The van der Waals surface area contributed by atoms with Gasteiger partial charge in [0.2, 0.25) is 0 Å². The molecule has 132 valence electrons. The van der Waals surface area contributed by atoms with Crippen molar-refractivity contribution < 1.29 is 32.6 Å². The molecule has 0 radical (unpaired) electrons. The second kappa shape index (κ2) is 7.16. The van der Waals surface area contributed by atoms with Crippen LogP contribution in [0.3, 0.4) is 0 Å². The quantitative estimate of drug-likeness (QED) is 0.871. The number of pyridine rings is 1. The van der Waals surface area contributed by atoms with Crippen molar-refractivity contribution in [3.05, 3.63) is 29.1 Å². The lowest BCUT2D eigenvalue weighted by molar-refractivity contribution is -0.142. The van der Waals surface area contributed by atoms with E-state index in [9.17, 15) is 27.9 Å². The molecule has 0 saturated carbocycles. The van der Waals surface area contributed by atoms with Crippen LogP contribution >= 0.6 is 0 Å². The molecule has 9 heteroatoms. The second-order valence-corrected chi connectivity index (χ2v) is 5.57. The Balaban J connectivity index is 2.16. The van der Waals surface area contributed by atoms with E-state index >= 15 is 0 Å². The van der Waals surface area contributed by atoms with Gasteiger partial charge in [-0.25, -0.2) is 9.78 Å². The van der Waals surface area contributed by atoms with Crippen LogP contribution in [0.1, 0.15) is 34.6 Å². The molecule has 1 atom stereocenters. The number of aliphatic carboxylic acids is 1. The third-order valence-electron chi connectivity index (χ3n) is 3.91. The summed E-state index contributed by atoms with van der Waals surface area (Å²) < 4.78 is 43.0. The fourth-order valence-electron chi connectivity index (χ4n) is 2.61. The maximum absolute atomic E-state index is 12.6. The summed E-state index contributed by atoms with van der Waals surface area (Å²) >= 11 is 0. The number of hydrogen-bond acceptors (Lipinski definition) is 4. The number of carbonyl (C=O) groups is 2. The summed E-state index contributed by atoms with van der Waals surface area (Å²) in [6.45, 7) is 2.09. The highest BCUT2D eigenvalue weighted by atomic mass is 19.4. The van der Waals surface area contributed by atoms with Crippen molar-refractivity contribution in [1.82, 2.24) is 10.3 Å². The number of aryl methyl sites for hydroxylation is 1. The van der Waals surface area contributed by atoms with E-state index in [0.717, 1.165) is 6.07 Å². The number of halogens is 3. The summed E-state index contributed by atoms with van der Waals surface area (Å²) in [5.74, 6) is -2.23. The van der Waals surface area contributed by atoms with Crippen LogP contribution in [0.15, 0.2) is 12.1 Å². The van der Waals surface area contributed by atoms with Crippen LogP contribution in [-0.2, 0) is 15.7 Å². The van der Waals surface area contributed by atoms with Crippen molar-refractivity contribution >= 4 is 11.9 Å². The van der Waals surface area contributed by atoms with Gasteiger partial charge in [-0.3, -0.25) is 4.79 Å². The van der Waals surface area contributed by atoms with Crippen LogP contribution in [0, 0.1) is 12.8 Å². The number of amides is 1. The summed E-state index contributed by atoms with van der Waals surface area (Å²) in [6, 6.07) is 0.582. The average Bonchev–Trinajstić information content (AvgIpc) is 2.52. The smallest absolute Gasteiger partial charge is 0.433 e. The third kappa shape index (κ3) is 4.22. The number of alkyl halides is 3. The zero-order valence-electron chi connectivity index (χ0n) is 12.9. The highest BCUT2D eigenvalue weighted by molar-refractivity contribution is 5.97. The molecule has 1 fully saturated rings. The molecule has 1 aromatic heterocycles. The zero-order valence-corrected chi connectivity index (χ0v) is 12.9. The molecule has 1 unspecified atom stereocenters. The highest BCUT2D eigenvalue weighted by Gasteiger charge is 2.34. The van der Waals surface area contributed by atoms with E-state index < -0.39 is 29.8 Å². The van der Waals surface area contributed by atoms with Crippen LogP contribution in [0.25, 0.3) is 0 Å². The standard InChI is InChI=1S/C15H17F3N2O4/c1-8-10(2-3-11(19-8)15(16,17)18)13(21)20-12(14(22)23)9-4-6-24-7-5-9/h2-3,9,12H,4-7H2,1H3,(H,20,21)(H,22,23). The first-order valence-corrected chi connectivity index (χ1v) is 7.36. The van der Waals surface area contributed by atoms with Gasteiger partial charge in [0.15, 0.2) is 0 Å². The summed E-state index contributed by atoms with van der Waals surface area (Å²) in [5.41, 5.74) is -1.30. The summed E-state index contributed by atoms with van der Waals surface area (Å²) in [4.78, 5) is 27.1. The van der Waals surface area contributed by atoms with E-state index in [1.54, 1.807) is 0 Å². The lowest BCUT2D eigenvalue weighted by Gasteiger charge is -2.28. The van der Waals surface area contributed by atoms with E-state index in [0.29, 0.717) is 32.1 Å².